The van der Waals surface area contributed by atoms with Crippen LogP contribution >= 0.6 is 10.3 Å². The van der Waals surface area contributed by atoms with Gasteiger partial charge in [0.1, 0.15) is 77.9 Å². The van der Waals surface area contributed by atoms with Crippen molar-refractivity contribution in [2.75, 3.05) is 0 Å². The van der Waals surface area contributed by atoms with Crippen LogP contribution in [0.2, 0.25) is 0 Å². The van der Waals surface area contributed by atoms with Crippen molar-refractivity contribution in [3.63, 3.8) is 0 Å². The monoisotopic (exact) mass is 844 g/mol. The van der Waals surface area contributed by atoms with Crippen LogP contribution in [0.25, 0.3) is 0 Å². The SMILES string of the molecule is CC(C)(C)Oc1cc(OC(C)(C)C)c(S(OS(=O)(=O)C(F)(F)F)(c2ccccc2)c2c(OC(C)(C)C)cc(OC(C)(C)C)cc2OC(C)(C)C)c(OC(C)(C)C)c1. The molecule has 0 amide bonds. The van der Waals surface area contributed by atoms with Crippen LogP contribution in [0.5, 0.6) is 34.5 Å². The average molecular weight is 845 g/mol. The molecule has 0 aliphatic carbocycles. The summed E-state index contributed by atoms with van der Waals surface area (Å²) in [6.07, 6.45) is 0. The standard InChI is InChI=1S/C43H63F3O9S2/c1-37(2,3)49-28-24-31(51-39(7,8)9)35(32(25-28)52-40(10,11)12)56(30-22-20-19-21-23-30,55-57(47,48)43(44,45)46)36-33(53-41(13,14)15)26-29(50-38(4,5)6)27-34(36)54-42(16,17)18/h19-27H,1-18H3. The highest BCUT2D eigenvalue weighted by molar-refractivity contribution is 8.33. The Hall–Kier alpha value is -3.49. The van der Waals surface area contributed by atoms with Crippen LogP contribution < -0.4 is 28.4 Å². The summed E-state index contributed by atoms with van der Waals surface area (Å²) in [6.45, 7) is 32.1. The third-order valence-corrected chi connectivity index (χ3v) is 11.6. The Balaban J connectivity index is 2.99. The first-order chi connectivity index (χ1) is 25.3. The van der Waals surface area contributed by atoms with E-state index < -0.39 is 59.5 Å². The minimum absolute atomic E-state index is 0.0295. The maximum atomic E-state index is 15.0. The molecule has 57 heavy (non-hydrogen) atoms. The molecule has 0 spiro atoms. The molecule has 0 bridgehead atoms. The summed E-state index contributed by atoms with van der Waals surface area (Å²) >= 11 is 0. The van der Waals surface area contributed by atoms with Crippen LogP contribution in [0.4, 0.5) is 13.2 Å². The summed E-state index contributed by atoms with van der Waals surface area (Å²) < 4.78 is 118. The summed E-state index contributed by atoms with van der Waals surface area (Å²) in [5, 5.41) is 0. The topological polar surface area (TPSA) is 98.8 Å². The number of hydrogen-bond acceptors (Lipinski definition) is 9. The van der Waals surface area contributed by atoms with Crippen LogP contribution in [-0.4, -0.2) is 47.5 Å². The second-order valence-corrected chi connectivity index (χ2v) is 23.9. The lowest BCUT2D eigenvalue weighted by Gasteiger charge is -2.44. The van der Waals surface area contributed by atoms with Crippen LogP contribution in [0.15, 0.2) is 69.3 Å². The van der Waals surface area contributed by atoms with Gasteiger partial charge < -0.3 is 28.4 Å². The molecule has 0 aliphatic rings. The van der Waals surface area contributed by atoms with E-state index in [9.17, 15) is 8.42 Å². The van der Waals surface area contributed by atoms with Gasteiger partial charge in [0.05, 0.1) is 0 Å². The van der Waals surface area contributed by atoms with Crippen molar-refractivity contribution in [1.82, 2.24) is 0 Å². The Bertz CT molecular complexity index is 1800. The van der Waals surface area contributed by atoms with E-state index in [2.05, 4.69) is 0 Å². The Morgan fingerprint density at radius 2 is 0.684 bits per heavy atom. The first kappa shape index (κ1) is 47.9. The lowest BCUT2D eigenvalue weighted by atomic mass is 10.1. The van der Waals surface area contributed by atoms with Crippen molar-refractivity contribution in [3.05, 3.63) is 54.6 Å². The fourth-order valence-electron chi connectivity index (χ4n) is 5.35. The lowest BCUT2D eigenvalue weighted by Crippen LogP contribution is -2.31. The Kier molecular flexibility index (Phi) is 13.4. The number of ether oxygens (including phenoxy) is 6. The molecule has 322 valence electrons. The van der Waals surface area contributed by atoms with Crippen molar-refractivity contribution in [3.8, 4) is 34.5 Å². The van der Waals surface area contributed by atoms with Gasteiger partial charge in [-0.3, -0.25) is 0 Å². The molecule has 14 heteroatoms. The quantitative estimate of drug-likeness (QED) is 0.175. The number of halogens is 3. The molecule has 0 saturated carbocycles. The molecule has 0 N–H and O–H groups in total. The van der Waals surface area contributed by atoms with Gasteiger partial charge in [0.15, 0.2) is 0 Å². The number of rotatable bonds is 11. The minimum atomic E-state index is -6.47. The number of benzene rings is 3. The molecule has 0 aromatic heterocycles. The highest BCUT2D eigenvalue weighted by Gasteiger charge is 2.56. The third-order valence-electron chi connectivity index (χ3n) is 6.63. The van der Waals surface area contributed by atoms with Crippen molar-refractivity contribution in [1.29, 1.82) is 0 Å². The van der Waals surface area contributed by atoms with Crippen LogP contribution in [0.1, 0.15) is 125 Å². The number of hydrogen-bond donors (Lipinski definition) is 0. The summed E-state index contributed by atoms with van der Waals surface area (Å²) in [6, 6.07) is 13.9. The second kappa shape index (κ2) is 15.9. The predicted octanol–water partition coefficient (Wildman–Crippen LogP) is 12.8. The summed E-state index contributed by atoms with van der Waals surface area (Å²) in [4.78, 5) is -0.258. The van der Waals surface area contributed by atoms with Crippen molar-refractivity contribution in [2.24, 2.45) is 0 Å². The smallest absolute Gasteiger partial charge is 0.488 e. The van der Waals surface area contributed by atoms with E-state index in [0.717, 1.165) is 0 Å². The highest BCUT2D eigenvalue weighted by atomic mass is 32.3. The molecule has 0 fully saturated rings. The van der Waals surface area contributed by atoms with Crippen LogP contribution in [0.3, 0.4) is 0 Å². The van der Waals surface area contributed by atoms with Gasteiger partial charge in [0.25, 0.3) is 0 Å². The van der Waals surface area contributed by atoms with Gasteiger partial charge >= 0.3 is 15.6 Å². The molecule has 0 atom stereocenters. The Morgan fingerprint density at radius 1 is 0.421 bits per heavy atom. The molecule has 3 aromatic carbocycles. The zero-order valence-corrected chi connectivity index (χ0v) is 38.5. The van der Waals surface area contributed by atoms with Crippen molar-refractivity contribution in [2.45, 2.75) is 178 Å². The molecule has 3 aromatic rings. The second-order valence-electron chi connectivity index (χ2n) is 19.6. The van der Waals surface area contributed by atoms with Gasteiger partial charge in [0.2, 0.25) is 0 Å². The summed E-state index contributed by atoms with van der Waals surface area (Å²) in [7, 11) is -10.8. The first-order valence-corrected chi connectivity index (χ1v) is 21.7. The molecule has 0 heterocycles. The van der Waals surface area contributed by atoms with Gasteiger partial charge in [-0.05, 0) is 147 Å². The summed E-state index contributed by atoms with van der Waals surface area (Å²) in [5.74, 6) is 0.264. The maximum Gasteiger partial charge on any atom is 0.524 e. The lowest BCUT2D eigenvalue weighted by molar-refractivity contribution is -0.0497. The summed E-state index contributed by atoms with van der Waals surface area (Å²) in [5.41, 5.74) is -11.4. The third kappa shape index (κ3) is 13.5. The van der Waals surface area contributed by atoms with Gasteiger partial charge in [0, 0.05) is 29.2 Å². The van der Waals surface area contributed by atoms with E-state index in [1.165, 1.54) is 36.4 Å². The predicted molar refractivity (Wildman–Crippen MR) is 220 cm³/mol. The molecule has 0 radical (unpaired) electrons. The normalized spacial score (nSPS) is 14.2. The van der Waals surface area contributed by atoms with E-state index in [1.807, 2.05) is 41.5 Å². The van der Waals surface area contributed by atoms with Gasteiger partial charge in [-0.15, -0.1) is 0 Å². The highest BCUT2D eigenvalue weighted by Crippen LogP contribution is 2.79. The Labute approximate surface area is 340 Å². The molecule has 3 rings (SSSR count). The van der Waals surface area contributed by atoms with E-state index >= 15 is 13.2 Å². The molecule has 9 nitrogen and oxygen atoms in total. The van der Waals surface area contributed by atoms with Crippen LogP contribution in [-0.2, 0) is 13.7 Å². The van der Waals surface area contributed by atoms with E-state index in [4.69, 9.17) is 32.1 Å². The molecule has 0 saturated heterocycles. The fourth-order valence-corrected chi connectivity index (χ4v) is 10.3. The van der Waals surface area contributed by atoms with Crippen LogP contribution in [0, 0.1) is 0 Å². The Morgan fingerprint density at radius 3 is 0.912 bits per heavy atom. The van der Waals surface area contributed by atoms with E-state index in [0.29, 0.717) is 0 Å². The molecule has 0 aliphatic heterocycles. The molecular weight excluding hydrogens is 782 g/mol. The zero-order valence-electron chi connectivity index (χ0n) is 36.8. The van der Waals surface area contributed by atoms with Crippen molar-refractivity contribution >= 4 is 20.4 Å². The zero-order chi connectivity index (χ0) is 44.0. The largest absolute Gasteiger partial charge is 0.524 e. The van der Waals surface area contributed by atoms with Gasteiger partial charge in [-0.2, -0.15) is 25.2 Å². The van der Waals surface area contributed by atoms with Gasteiger partial charge in [-0.1, -0.05) is 18.2 Å². The van der Waals surface area contributed by atoms with Crippen molar-refractivity contribution < 1.29 is 53.6 Å². The first-order valence-electron chi connectivity index (χ1n) is 18.7. The van der Waals surface area contributed by atoms with E-state index in [-0.39, 0.29) is 49.2 Å². The van der Waals surface area contributed by atoms with Gasteiger partial charge in [-0.25, -0.2) is 0 Å². The van der Waals surface area contributed by atoms with E-state index in [1.54, 1.807) is 101 Å². The molecular formula is C43H63F3O9S2. The minimum Gasteiger partial charge on any atom is -0.488 e. The molecule has 0 unspecified atom stereocenters. The fraction of sp³-hybridized carbons (Fsp3) is 0.581. The maximum absolute atomic E-state index is 15.0. The average Bonchev–Trinajstić information content (AvgIpc) is 2.91. The number of alkyl halides is 3.